The van der Waals surface area contributed by atoms with Crippen LogP contribution in [0.4, 0.5) is 0 Å². The Morgan fingerprint density at radius 2 is 2.30 bits per heavy atom. The molecule has 1 saturated heterocycles. The lowest BCUT2D eigenvalue weighted by atomic mass is 10.2. The molecule has 0 saturated carbocycles. The fraction of sp³-hybridized carbons (Fsp3) is 0.467. The molecular weight excluding hydrogens is 355 g/mol. The zero-order chi connectivity index (χ0) is 15.4. The van der Waals surface area contributed by atoms with Crippen LogP contribution in [0.3, 0.4) is 0 Å². The highest BCUT2D eigenvalue weighted by Crippen LogP contribution is 2.22. The van der Waals surface area contributed by atoms with Gasteiger partial charge in [-0.1, -0.05) is 28.9 Å². The fourth-order valence-electron chi connectivity index (χ4n) is 2.44. The zero-order valence-electron chi connectivity index (χ0n) is 12.9. The lowest BCUT2D eigenvalue weighted by Crippen LogP contribution is -2.44. The Labute approximate surface area is 151 Å². The van der Waals surface area contributed by atoms with Crippen LogP contribution < -0.4 is 5.32 Å². The first kappa shape index (κ1) is 18.5. The van der Waals surface area contributed by atoms with Crippen LogP contribution in [-0.2, 0) is 11.5 Å². The average molecular weight is 375 g/mol. The second kappa shape index (κ2) is 8.89. The topological polar surface area (TPSA) is 54.2 Å². The minimum atomic E-state index is 0. The molecule has 8 heteroatoms. The first-order valence-electron chi connectivity index (χ1n) is 7.28. The van der Waals surface area contributed by atoms with Crippen LogP contribution in [0.5, 0.6) is 0 Å². The van der Waals surface area contributed by atoms with Crippen molar-refractivity contribution >= 4 is 35.8 Å². The van der Waals surface area contributed by atoms with Gasteiger partial charge in [-0.25, -0.2) is 0 Å². The Morgan fingerprint density at radius 3 is 3.09 bits per heavy atom. The number of aromatic nitrogens is 2. The van der Waals surface area contributed by atoms with Crippen molar-refractivity contribution in [3.8, 4) is 0 Å². The third kappa shape index (κ3) is 5.09. The molecule has 0 bridgehead atoms. The summed E-state index contributed by atoms with van der Waals surface area (Å²) >= 11 is 7.73. The van der Waals surface area contributed by atoms with E-state index in [1.54, 1.807) is 11.8 Å². The first-order chi connectivity index (χ1) is 10.7. The summed E-state index contributed by atoms with van der Waals surface area (Å²) in [5.41, 5.74) is 1.20. The lowest BCUT2D eigenvalue weighted by molar-refractivity contribution is 0.190. The van der Waals surface area contributed by atoms with Crippen molar-refractivity contribution in [2.24, 2.45) is 0 Å². The fourth-order valence-corrected chi connectivity index (χ4v) is 3.46. The number of thioether (sulfide) groups is 1. The molecule has 1 N–H and O–H groups in total. The van der Waals surface area contributed by atoms with Gasteiger partial charge < -0.3 is 9.84 Å². The molecular formula is C15H20Cl2N4OS. The van der Waals surface area contributed by atoms with Crippen LogP contribution in [0.25, 0.3) is 0 Å². The van der Waals surface area contributed by atoms with Gasteiger partial charge in [0.25, 0.3) is 0 Å². The monoisotopic (exact) mass is 374 g/mol. The molecule has 1 aromatic heterocycles. The van der Waals surface area contributed by atoms with Crippen molar-refractivity contribution in [2.75, 3.05) is 26.7 Å². The molecule has 2 aromatic rings. The van der Waals surface area contributed by atoms with Gasteiger partial charge in [-0.05, 0) is 24.7 Å². The van der Waals surface area contributed by atoms with E-state index in [1.165, 1.54) is 5.56 Å². The van der Waals surface area contributed by atoms with E-state index in [9.17, 15) is 0 Å². The van der Waals surface area contributed by atoms with Gasteiger partial charge in [0.15, 0.2) is 5.82 Å². The van der Waals surface area contributed by atoms with Gasteiger partial charge in [-0.3, -0.25) is 4.90 Å². The van der Waals surface area contributed by atoms with Crippen LogP contribution in [0.2, 0.25) is 5.02 Å². The van der Waals surface area contributed by atoms with Crippen LogP contribution in [0, 0.1) is 0 Å². The van der Waals surface area contributed by atoms with E-state index in [0.29, 0.717) is 11.6 Å². The second-order valence-corrected chi connectivity index (χ2v) is 6.79. The van der Waals surface area contributed by atoms with Crippen LogP contribution in [-0.4, -0.2) is 41.7 Å². The number of nitrogens with zero attached hydrogens (tertiary/aromatic N) is 3. The molecule has 1 unspecified atom stereocenters. The first-order valence-corrected chi connectivity index (χ1v) is 8.81. The maximum absolute atomic E-state index is 5.98. The highest BCUT2D eigenvalue weighted by molar-refractivity contribution is 7.97. The van der Waals surface area contributed by atoms with Crippen molar-refractivity contribution < 1.29 is 4.52 Å². The molecule has 2 heterocycles. The largest absolute Gasteiger partial charge is 0.338 e. The Morgan fingerprint density at radius 1 is 1.43 bits per heavy atom. The van der Waals surface area contributed by atoms with Gasteiger partial charge in [0.2, 0.25) is 5.89 Å². The summed E-state index contributed by atoms with van der Waals surface area (Å²) < 4.78 is 5.37. The van der Waals surface area contributed by atoms with E-state index >= 15 is 0 Å². The van der Waals surface area contributed by atoms with Gasteiger partial charge in [0, 0.05) is 30.4 Å². The summed E-state index contributed by atoms with van der Waals surface area (Å²) in [6, 6.07) is 8.10. The standard InChI is InChI=1S/C15H19ClN4OS.ClH/c1-20-6-5-17-8-13(20)15-18-14(21-19-15)10-22-9-11-3-2-4-12(16)7-11;/h2-4,7,13,17H,5-6,8-10H2,1H3;1H. The molecule has 5 nitrogen and oxygen atoms in total. The number of hydrogen-bond donors (Lipinski definition) is 1. The smallest absolute Gasteiger partial charge is 0.236 e. The van der Waals surface area contributed by atoms with Crippen LogP contribution in [0.15, 0.2) is 28.8 Å². The Balaban J connectivity index is 0.00000192. The minimum Gasteiger partial charge on any atom is -0.338 e. The summed E-state index contributed by atoms with van der Waals surface area (Å²) in [5.74, 6) is 3.04. The summed E-state index contributed by atoms with van der Waals surface area (Å²) in [6.07, 6.45) is 0. The van der Waals surface area contributed by atoms with Crippen LogP contribution in [0.1, 0.15) is 23.3 Å². The van der Waals surface area contributed by atoms with Gasteiger partial charge >= 0.3 is 0 Å². The summed E-state index contributed by atoms with van der Waals surface area (Å²) in [6.45, 7) is 2.87. The zero-order valence-corrected chi connectivity index (χ0v) is 15.3. The van der Waals surface area contributed by atoms with E-state index in [4.69, 9.17) is 16.1 Å². The van der Waals surface area contributed by atoms with E-state index in [-0.39, 0.29) is 18.4 Å². The van der Waals surface area contributed by atoms with Crippen molar-refractivity contribution in [1.82, 2.24) is 20.4 Å². The van der Waals surface area contributed by atoms with Gasteiger partial charge in [-0.15, -0.1) is 24.2 Å². The minimum absolute atomic E-state index is 0. The molecule has 0 aliphatic carbocycles. The average Bonchev–Trinajstić information content (AvgIpc) is 2.96. The van der Waals surface area contributed by atoms with Crippen LogP contribution >= 0.6 is 35.8 Å². The van der Waals surface area contributed by atoms with E-state index in [2.05, 4.69) is 33.5 Å². The van der Waals surface area contributed by atoms with Crippen molar-refractivity contribution in [3.05, 3.63) is 46.6 Å². The van der Waals surface area contributed by atoms with Gasteiger partial charge in [0.05, 0.1) is 11.8 Å². The number of rotatable bonds is 5. The SMILES string of the molecule is CN1CCNCC1c1noc(CSCc2cccc(Cl)c2)n1.Cl. The highest BCUT2D eigenvalue weighted by Gasteiger charge is 2.25. The molecule has 0 spiro atoms. The van der Waals surface area contributed by atoms with E-state index in [1.807, 2.05) is 18.2 Å². The molecule has 0 amide bonds. The maximum Gasteiger partial charge on any atom is 0.236 e. The maximum atomic E-state index is 5.98. The summed E-state index contributed by atoms with van der Waals surface area (Å²) in [5, 5.41) is 8.26. The van der Waals surface area contributed by atoms with E-state index in [0.717, 1.165) is 36.2 Å². The van der Waals surface area contributed by atoms with E-state index < -0.39 is 0 Å². The predicted molar refractivity (Wildman–Crippen MR) is 96.2 cm³/mol. The number of likely N-dealkylation sites (N-methyl/N-ethyl adjacent to an activating group) is 1. The van der Waals surface area contributed by atoms with Crippen molar-refractivity contribution in [3.63, 3.8) is 0 Å². The Hall–Kier alpha value is -0.790. The van der Waals surface area contributed by atoms with Crippen molar-refractivity contribution in [1.29, 1.82) is 0 Å². The Kier molecular flexibility index (Phi) is 7.17. The molecule has 3 rings (SSSR count). The molecule has 1 aliphatic heterocycles. The Bertz CT molecular complexity index is 625. The third-order valence-corrected chi connectivity index (χ3v) is 4.90. The molecule has 23 heavy (non-hydrogen) atoms. The highest BCUT2D eigenvalue weighted by atomic mass is 35.5. The molecule has 1 atom stereocenters. The lowest BCUT2D eigenvalue weighted by Gasteiger charge is -2.30. The predicted octanol–water partition coefficient (Wildman–Crippen LogP) is 3.15. The molecule has 1 aromatic carbocycles. The number of piperazine rings is 1. The quantitative estimate of drug-likeness (QED) is 0.867. The number of halogens is 2. The van der Waals surface area contributed by atoms with Gasteiger partial charge in [0.1, 0.15) is 0 Å². The van der Waals surface area contributed by atoms with Crippen molar-refractivity contribution in [2.45, 2.75) is 17.5 Å². The number of benzene rings is 1. The second-order valence-electron chi connectivity index (χ2n) is 5.37. The number of hydrogen-bond acceptors (Lipinski definition) is 6. The summed E-state index contributed by atoms with van der Waals surface area (Å²) in [7, 11) is 2.09. The third-order valence-electron chi connectivity index (χ3n) is 3.68. The van der Waals surface area contributed by atoms with Gasteiger partial charge in [-0.2, -0.15) is 4.98 Å². The summed E-state index contributed by atoms with van der Waals surface area (Å²) in [4.78, 5) is 6.78. The molecule has 126 valence electrons. The molecule has 1 aliphatic rings. The normalized spacial score (nSPS) is 18.6. The molecule has 0 radical (unpaired) electrons. The number of nitrogens with one attached hydrogen (secondary N) is 1. The molecule has 1 fully saturated rings.